The van der Waals surface area contributed by atoms with Crippen molar-refractivity contribution in [2.75, 3.05) is 207 Å². The summed E-state index contributed by atoms with van der Waals surface area (Å²) < 4.78 is 153. The first-order valence-corrected chi connectivity index (χ1v) is 56.8. The molecule has 0 bridgehead atoms. The number of aromatic nitrogens is 12. The van der Waals surface area contributed by atoms with Crippen molar-refractivity contribution in [2.24, 2.45) is 0 Å². The number of hydrogen-bond donors (Lipinski definition) is 12. The number of aromatic amines is 4. The first kappa shape index (κ1) is 106. The van der Waals surface area contributed by atoms with Gasteiger partial charge in [-0.1, -0.05) is 92.9 Å². The van der Waals surface area contributed by atoms with E-state index in [1.165, 1.54) is 76.3 Å². The van der Waals surface area contributed by atoms with Gasteiger partial charge in [0.2, 0.25) is 53.9 Å². The van der Waals surface area contributed by atoms with E-state index in [0.717, 1.165) is 146 Å². The van der Waals surface area contributed by atoms with Crippen molar-refractivity contribution in [2.45, 2.75) is 136 Å². The molecule has 12 aromatic rings. The molecule has 13 heterocycles. The number of benzene rings is 4. The molecule has 141 heavy (non-hydrogen) atoms. The van der Waals surface area contributed by atoms with Crippen LogP contribution in [0, 0.1) is 0 Å². The molecule has 5 aliphatic heterocycles. The van der Waals surface area contributed by atoms with E-state index in [1.807, 2.05) is 0 Å². The molecule has 0 spiro atoms. The smallest absolute Gasteiger partial charge is 0.243 e. The summed E-state index contributed by atoms with van der Waals surface area (Å²) in [4.78, 5) is 54.2. The van der Waals surface area contributed by atoms with E-state index in [1.54, 1.807) is 88.2 Å². The van der Waals surface area contributed by atoms with Gasteiger partial charge in [0.15, 0.2) is 9.84 Å². The molecule has 4 aromatic carbocycles. The number of H-pyrrole nitrogens is 4. The molecular formula is C92H123Cl4N25O15S5. The molecule has 40 nitrogen and oxygen atoms in total. The molecule has 0 saturated carbocycles. The summed E-state index contributed by atoms with van der Waals surface area (Å²) in [5, 5.41) is 30.5. The molecule has 0 radical (unpaired) electrons. The number of halogens is 4. The summed E-state index contributed by atoms with van der Waals surface area (Å²) in [7, 11) is -10.5. The number of rotatable bonds is 37. The van der Waals surface area contributed by atoms with Crippen molar-refractivity contribution in [3.63, 3.8) is 0 Å². The van der Waals surface area contributed by atoms with Crippen LogP contribution in [-0.4, -0.2) is 303 Å². The SMILES string of the molecule is C=S(C)(=O)CCNc1nc(Nc2ccc(S(=O)(=O)N3CCC(N4CCOCC4)CC3)cc2OC)nc2[nH]cc(Cl)c12.CCCCNc1nc(Nc2ccc(S(=O)(=O)N3CCC(N4CCCCC4)CC3)cc2OC)nc2[nH]cc(Cl)c12.CCCCNc1nc(Nc2ccc(S(=O)(=O)N3CCOCC3)cc2OC)nc2[nH]cc(Cl)c12.CCCCNc1nc(Nc2ccc(S(C)(=O)=O)cc2OC)nc2[nH]cc(Cl)c12. The maximum Gasteiger partial charge on any atom is 0.243 e. The number of nitrogens with one attached hydrogen (secondary N) is 12. The first-order valence-electron chi connectivity index (χ1n) is 46.8. The third kappa shape index (κ3) is 26.6. The van der Waals surface area contributed by atoms with Crippen LogP contribution in [0.1, 0.15) is 104 Å². The number of sulfone groups is 1. The molecule has 49 heteroatoms. The number of fused-ring (bicyclic) bond motifs is 4. The zero-order valence-electron chi connectivity index (χ0n) is 80.2. The van der Waals surface area contributed by atoms with E-state index < -0.39 is 49.4 Å². The number of methoxy groups -OCH3 is 4. The van der Waals surface area contributed by atoms with E-state index in [4.69, 9.17) is 74.8 Å². The molecule has 5 saturated heterocycles. The van der Waals surface area contributed by atoms with Crippen LogP contribution in [0.2, 0.25) is 20.1 Å². The Balaban J connectivity index is 0.000000151. The van der Waals surface area contributed by atoms with Crippen LogP contribution < -0.4 is 61.5 Å². The molecule has 12 N–H and O–H groups in total. The minimum absolute atomic E-state index is 0.154. The summed E-state index contributed by atoms with van der Waals surface area (Å²) in [5.74, 6) is 9.08. The summed E-state index contributed by atoms with van der Waals surface area (Å²) in [6.45, 7) is 17.9. The summed E-state index contributed by atoms with van der Waals surface area (Å²) in [5.41, 5.74) is 4.42. The second kappa shape index (κ2) is 48.4. The van der Waals surface area contributed by atoms with Crippen molar-refractivity contribution in [3.8, 4) is 23.0 Å². The number of hydrogen-bond acceptors (Lipinski definition) is 33. The number of ether oxygens (including phenoxy) is 6. The molecule has 0 aliphatic carbocycles. The predicted molar refractivity (Wildman–Crippen MR) is 560 cm³/mol. The fourth-order valence-electron chi connectivity index (χ4n) is 16.9. The van der Waals surface area contributed by atoms with Gasteiger partial charge in [0.25, 0.3) is 0 Å². The second-order valence-corrected chi connectivity index (χ2v) is 46.7. The highest BCUT2D eigenvalue weighted by Gasteiger charge is 2.37. The zero-order valence-corrected chi connectivity index (χ0v) is 87.3. The van der Waals surface area contributed by atoms with E-state index in [9.17, 15) is 37.9 Å². The second-order valence-electron chi connectivity index (χ2n) is 34.4. The maximum absolute atomic E-state index is 13.5. The van der Waals surface area contributed by atoms with Gasteiger partial charge in [0.05, 0.1) is 139 Å². The Morgan fingerprint density at radius 3 is 0.943 bits per heavy atom. The molecule has 764 valence electrons. The standard InChI is InChI=1S/C27H38ClN7O3S.C26H36ClN7O5S2.C21H27ClN6O4S.C18H22ClN5O3S/c1-3-4-12-29-25-24-21(28)18-30-26(24)33-27(32-25)31-22-9-8-20(17-23(22)38-2)39(36,37)35-15-10-19(11-16-35)34-13-6-5-7-14-34;1-38-22-16-19(41(36,37)34-9-6-18(7-10-34)33-11-13-39-14-12-33)4-5-21(22)30-26-31-24(28-8-15-40(2,3)35)23-20(27)17-29-25(23)32-26;1-3-4-7-23-19-18-15(22)13-24-20(18)27-21(26-19)25-16-6-5-14(12-17(16)31-2)33(29,30)28-8-10-32-11-9-28;1-4-5-8-20-16-15-12(19)10-21-17(15)24-18(23-16)22-13-7-6-11(28(3,25)26)9-14(13)27-2/h8-9,17-19H,3-7,10-16H2,1-2H3,(H3,29,30,31,32,33);4-5,16-18H,2,6-15H2,1,3H3,(H3,28,29,30,31,32);5-6,12-13H,3-4,7-11H2,1-2H3,(H3,23,24,25,26,27);6-7,9-10H,4-5,8H2,1-3H3,(H3,20,21,22,23,24). The lowest BCUT2D eigenvalue weighted by Gasteiger charge is -2.39. The lowest BCUT2D eigenvalue weighted by molar-refractivity contribution is 0.00610. The fourth-order valence-corrected chi connectivity index (χ4v) is 23.4. The number of likely N-dealkylation sites (tertiary alicyclic amines) is 1. The molecule has 1 atom stereocenters. The third-order valence-corrected chi connectivity index (χ3v) is 33.6. The van der Waals surface area contributed by atoms with Crippen molar-refractivity contribution in [3.05, 3.63) is 118 Å². The highest BCUT2D eigenvalue weighted by atomic mass is 35.5. The first-order chi connectivity index (χ1) is 67.7. The van der Waals surface area contributed by atoms with Crippen molar-refractivity contribution < 1.29 is 66.3 Å². The van der Waals surface area contributed by atoms with Gasteiger partial charge < -0.3 is 95.8 Å². The van der Waals surface area contributed by atoms with E-state index >= 15 is 0 Å². The largest absolute Gasteiger partial charge is 0.495 e. The van der Waals surface area contributed by atoms with Gasteiger partial charge >= 0.3 is 0 Å². The van der Waals surface area contributed by atoms with Crippen molar-refractivity contribution in [1.82, 2.24) is 82.5 Å². The van der Waals surface area contributed by atoms with E-state index in [0.29, 0.717) is 212 Å². The van der Waals surface area contributed by atoms with Crippen LogP contribution in [-0.2, 0) is 58.9 Å². The molecule has 17 rings (SSSR count). The maximum atomic E-state index is 13.5. The summed E-state index contributed by atoms with van der Waals surface area (Å²) in [6.07, 6.45) is 22.6. The highest BCUT2D eigenvalue weighted by molar-refractivity contribution is 7.99. The normalized spacial score (nSPS) is 16.3. The number of unbranched alkanes of at least 4 members (excludes halogenated alkanes) is 3. The molecule has 1 unspecified atom stereocenters. The van der Waals surface area contributed by atoms with Gasteiger partial charge in [-0.15, -0.1) is 0 Å². The molecule has 5 fully saturated rings. The quantitative estimate of drug-likeness (QED) is 0.0127. The summed E-state index contributed by atoms with van der Waals surface area (Å²) >= 11 is 25.3. The Morgan fingerprint density at radius 2 is 0.652 bits per heavy atom. The molecule has 0 amide bonds. The van der Waals surface area contributed by atoms with Crippen LogP contribution in [0.15, 0.2) is 117 Å². The average Bonchev–Trinajstić information content (AvgIpc) is 1.55. The van der Waals surface area contributed by atoms with Crippen LogP contribution in [0.5, 0.6) is 23.0 Å². The summed E-state index contributed by atoms with van der Waals surface area (Å²) in [6, 6.07) is 19.7. The number of nitrogens with zero attached hydrogens (tertiary/aromatic N) is 13. The zero-order chi connectivity index (χ0) is 100. The minimum atomic E-state index is -3.70. The van der Waals surface area contributed by atoms with Crippen LogP contribution in [0.4, 0.5) is 69.8 Å². The monoisotopic (exact) mass is 2120 g/mol. The van der Waals surface area contributed by atoms with Gasteiger partial charge in [-0.05, 0) is 135 Å². The number of piperidine rings is 3. The Kier molecular flexibility index (Phi) is 36.5. The van der Waals surface area contributed by atoms with E-state index in [-0.39, 0.29) is 25.5 Å². The number of anilines is 12. The van der Waals surface area contributed by atoms with Gasteiger partial charge in [-0.25, -0.2) is 33.7 Å². The third-order valence-electron chi connectivity index (χ3n) is 24.5. The van der Waals surface area contributed by atoms with Crippen LogP contribution in [0.25, 0.3) is 44.1 Å². The predicted octanol–water partition coefficient (Wildman–Crippen LogP) is 15.4. The minimum Gasteiger partial charge on any atom is -0.495 e. The average molecular weight is 2120 g/mol. The molecule has 5 aliphatic rings. The lowest BCUT2D eigenvalue weighted by atomic mass is 10.0. The Morgan fingerprint density at radius 1 is 0.376 bits per heavy atom. The van der Waals surface area contributed by atoms with E-state index in [2.05, 4.69) is 139 Å². The Bertz CT molecular complexity index is 6940. The number of sulfonamides is 3. The topological polar surface area (TPSA) is 488 Å². The van der Waals surface area contributed by atoms with Crippen molar-refractivity contribution in [1.29, 1.82) is 0 Å². The van der Waals surface area contributed by atoms with Crippen LogP contribution in [0.3, 0.4) is 0 Å². The Labute approximate surface area is 842 Å². The van der Waals surface area contributed by atoms with Gasteiger partial charge in [-0.3, -0.25) is 9.11 Å². The van der Waals surface area contributed by atoms with Crippen LogP contribution >= 0.6 is 46.4 Å². The van der Waals surface area contributed by atoms with Crippen molar-refractivity contribution >= 4 is 216 Å². The van der Waals surface area contributed by atoms with Gasteiger partial charge in [0.1, 0.15) is 68.9 Å². The fraction of sp³-hybridized carbons (Fsp3) is 0.467. The molecular weight excluding hydrogens is 2000 g/mol. The van der Waals surface area contributed by atoms with Gasteiger partial charge in [0, 0.05) is 158 Å². The van der Waals surface area contributed by atoms with Gasteiger partial charge in [-0.2, -0.15) is 52.8 Å². The highest BCUT2D eigenvalue weighted by Crippen LogP contribution is 2.41. The molecule has 8 aromatic heterocycles. The number of morpholine rings is 2. The lowest BCUT2D eigenvalue weighted by Crippen LogP contribution is -2.50. The Hall–Kier alpha value is -10.3.